The lowest BCUT2D eigenvalue weighted by Crippen LogP contribution is -1.96. The molecule has 2 aromatic carbocycles. The van der Waals surface area contributed by atoms with Crippen LogP contribution in [0.15, 0.2) is 42.5 Å². The van der Waals surface area contributed by atoms with E-state index < -0.39 is 17.4 Å². The van der Waals surface area contributed by atoms with Gasteiger partial charge < -0.3 is 0 Å². The van der Waals surface area contributed by atoms with Crippen LogP contribution in [0.25, 0.3) is 6.08 Å². The number of ketones is 1. The molecule has 102 valence electrons. The van der Waals surface area contributed by atoms with Gasteiger partial charge in [-0.15, -0.1) is 0 Å². The van der Waals surface area contributed by atoms with Crippen LogP contribution in [0.3, 0.4) is 0 Å². The molecule has 2 rings (SSSR count). The number of halogens is 4. The molecule has 5 heteroatoms. The number of carbonyl (C=O) groups is 1. The summed E-state index contributed by atoms with van der Waals surface area (Å²) in [6.45, 7) is 0. The number of allylic oxidation sites excluding steroid dienone is 1. The van der Waals surface area contributed by atoms with Crippen molar-refractivity contribution in [3.8, 4) is 0 Å². The zero-order valence-electron chi connectivity index (χ0n) is 10.0. The Morgan fingerprint density at radius 1 is 0.950 bits per heavy atom. The summed E-state index contributed by atoms with van der Waals surface area (Å²) in [7, 11) is 0. The third-order valence-corrected chi connectivity index (χ3v) is 3.31. The molecule has 0 heterocycles. The lowest BCUT2D eigenvalue weighted by Gasteiger charge is -1.99. The largest absolute Gasteiger partial charge is 0.289 e. The van der Waals surface area contributed by atoms with E-state index in [1.165, 1.54) is 18.2 Å². The van der Waals surface area contributed by atoms with Gasteiger partial charge in [-0.1, -0.05) is 35.3 Å². The average Bonchev–Trinajstić information content (AvgIpc) is 2.43. The van der Waals surface area contributed by atoms with E-state index in [1.54, 1.807) is 18.2 Å². The van der Waals surface area contributed by atoms with Gasteiger partial charge in [-0.05, 0) is 42.0 Å². The van der Waals surface area contributed by atoms with E-state index in [0.29, 0.717) is 15.6 Å². The zero-order valence-corrected chi connectivity index (χ0v) is 11.6. The molecule has 0 aromatic heterocycles. The molecule has 0 aliphatic carbocycles. The maximum Gasteiger partial charge on any atom is 0.185 e. The van der Waals surface area contributed by atoms with E-state index in [0.717, 1.165) is 12.1 Å². The summed E-state index contributed by atoms with van der Waals surface area (Å²) in [5.41, 5.74) is 0.746. The second-order valence-electron chi connectivity index (χ2n) is 4.00. The Hall–Kier alpha value is -1.71. The molecular weight excluding hydrogens is 305 g/mol. The molecule has 0 spiro atoms. The molecule has 0 N–H and O–H groups in total. The standard InChI is InChI=1S/C15H8Cl2F2O/c16-11-4-1-9(7-12(11)17)2-6-15(20)10-3-5-13(18)14(19)8-10/h1-8H/b6-2+. The van der Waals surface area contributed by atoms with Gasteiger partial charge in [0, 0.05) is 5.56 Å². The molecule has 0 bridgehead atoms. The quantitative estimate of drug-likeness (QED) is 0.564. The molecule has 0 radical (unpaired) electrons. The fraction of sp³-hybridized carbons (Fsp3) is 0. The third-order valence-electron chi connectivity index (χ3n) is 2.57. The minimum Gasteiger partial charge on any atom is -0.289 e. The minimum atomic E-state index is -1.06. The highest BCUT2D eigenvalue weighted by Crippen LogP contribution is 2.23. The number of carbonyl (C=O) groups excluding carboxylic acids is 1. The minimum absolute atomic E-state index is 0.0696. The lowest BCUT2D eigenvalue weighted by molar-refractivity contribution is 0.104. The van der Waals surface area contributed by atoms with Gasteiger partial charge in [0.2, 0.25) is 0 Å². The Morgan fingerprint density at radius 2 is 1.70 bits per heavy atom. The molecule has 0 aliphatic heterocycles. The first kappa shape index (κ1) is 14.7. The summed E-state index contributed by atoms with van der Waals surface area (Å²) in [6, 6.07) is 7.88. The van der Waals surface area contributed by atoms with E-state index in [1.807, 2.05) is 0 Å². The van der Waals surface area contributed by atoms with Crippen molar-refractivity contribution in [2.45, 2.75) is 0 Å². The van der Waals surface area contributed by atoms with Crippen molar-refractivity contribution in [2.75, 3.05) is 0 Å². The highest BCUT2D eigenvalue weighted by molar-refractivity contribution is 6.42. The predicted molar refractivity (Wildman–Crippen MR) is 76.2 cm³/mol. The van der Waals surface area contributed by atoms with Crippen molar-refractivity contribution in [2.24, 2.45) is 0 Å². The van der Waals surface area contributed by atoms with Crippen LogP contribution < -0.4 is 0 Å². The fourth-order valence-corrected chi connectivity index (χ4v) is 1.84. The van der Waals surface area contributed by atoms with Crippen molar-refractivity contribution in [1.29, 1.82) is 0 Å². The SMILES string of the molecule is O=C(/C=C/c1ccc(Cl)c(Cl)c1)c1ccc(F)c(F)c1. The smallest absolute Gasteiger partial charge is 0.185 e. The Kier molecular flexibility index (Phi) is 4.53. The van der Waals surface area contributed by atoms with E-state index in [4.69, 9.17) is 23.2 Å². The van der Waals surface area contributed by atoms with E-state index >= 15 is 0 Å². The van der Waals surface area contributed by atoms with Gasteiger partial charge >= 0.3 is 0 Å². The topological polar surface area (TPSA) is 17.1 Å². The van der Waals surface area contributed by atoms with E-state index in [-0.39, 0.29) is 5.56 Å². The molecule has 2 aromatic rings. The normalized spacial score (nSPS) is 11.0. The van der Waals surface area contributed by atoms with Crippen molar-refractivity contribution in [3.63, 3.8) is 0 Å². The predicted octanol–water partition coefficient (Wildman–Crippen LogP) is 5.17. The Morgan fingerprint density at radius 3 is 2.35 bits per heavy atom. The van der Waals surface area contributed by atoms with Crippen LogP contribution in [-0.2, 0) is 0 Å². The van der Waals surface area contributed by atoms with Gasteiger partial charge in [0.05, 0.1) is 10.0 Å². The van der Waals surface area contributed by atoms with Crippen molar-refractivity contribution in [1.82, 2.24) is 0 Å². The van der Waals surface area contributed by atoms with Crippen molar-refractivity contribution >= 4 is 35.1 Å². The third kappa shape index (κ3) is 3.44. The number of hydrogen-bond donors (Lipinski definition) is 0. The first-order valence-corrected chi connectivity index (χ1v) is 6.35. The molecule has 0 atom stereocenters. The number of benzene rings is 2. The molecule has 0 unspecified atom stereocenters. The molecule has 0 fully saturated rings. The zero-order chi connectivity index (χ0) is 14.7. The molecule has 0 saturated heterocycles. The number of hydrogen-bond acceptors (Lipinski definition) is 1. The highest BCUT2D eigenvalue weighted by Gasteiger charge is 2.07. The second-order valence-corrected chi connectivity index (χ2v) is 4.81. The summed E-state index contributed by atoms with van der Waals surface area (Å²) in [4.78, 5) is 11.8. The van der Waals surface area contributed by atoms with E-state index in [2.05, 4.69) is 0 Å². The summed E-state index contributed by atoms with van der Waals surface area (Å²) in [6.07, 6.45) is 2.78. The fourth-order valence-electron chi connectivity index (χ4n) is 1.53. The Balaban J connectivity index is 2.19. The summed E-state index contributed by atoms with van der Waals surface area (Å²) in [5.74, 6) is -2.48. The van der Waals surface area contributed by atoms with Gasteiger partial charge in [0.15, 0.2) is 17.4 Å². The first-order chi connectivity index (χ1) is 9.47. The van der Waals surface area contributed by atoms with Crippen molar-refractivity contribution in [3.05, 3.63) is 75.3 Å². The van der Waals surface area contributed by atoms with Crippen molar-refractivity contribution < 1.29 is 13.6 Å². The van der Waals surface area contributed by atoms with Crippen LogP contribution in [-0.4, -0.2) is 5.78 Å². The highest BCUT2D eigenvalue weighted by atomic mass is 35.5. The number of rotatable bonds is 3. The molecule has 1 nitrogen and oxygen atoms in total. The Bertz CT molecular complexity index is 696. The second kappa shape index (κ2) is 6.16. The van der Waals surface area contributed by atoms with E-state index in [9.17, 15) is 13.6 Å². The van der Waals surface area contributed by atoms with Crippen LogP contribution in [0.2, 0.25) is 10.0 Å². The summed E-state index contributed by atoms with van der Waals surface area (Å²) >= 11 is 11.6. The lowest BCUT2D eigenvalue weighted by atomic mass is 10.1. The van der Waals surface area contributed by atoms with Crippen LogP contribution in [0.4, 0.5) is 8.78 Å². The molecule has 0 saturated carbocycles. The van der Waals surface area contributed by atoms with Crippen LogP contribution in [0.1, 0.15) is 15.9 Å². The monoisotopic (exact) mass is 312 g/mol. The average molecular weight is 313 g/mol. The maximum atomic E-state index is 13.0. The van der Waals surface area contributed by atoms with Crippen LogP contribution in [0.5, 0.6) is 0 Å². The summed E-state index contributed by atoms with van der Waals surface area (Å²) in [5, 5.41) is 0.782. The van der Waals surface area contributed by atoms with Crippen LogP contribution in [0, 0.1) is 11.6 Å². The van der Waals surface area contributed by atoms with Gasteiger partial charge in [-0.2, -0.15) is 0 Å². The first-order valence-electron chi connectivity index (χ1n) is 5.60. The molecule has 0 amide bonds. The van der Waals surface area contributed by atoms with Gasteiger partial charge in [-0.3, -0.25) is 4.79 Å². The van der Waals surface area contributed by atoms with Gasteiger partial charge in [0.1, 0.15) is 0 Å². The van der Waals surface area contributed by atoms with Gasteiger partial charge in [-0.25, -0.2) is 8.78 Å². The Labute approximate surface area is 124 Å². The molecule has 20 heavy (non-hydrogen) atoms. The van der Waals surface area contributed by atoms with Crippen LogP contribution >= 0.6 is 23.2 Å². The maximum absolute atomic E-state index is 13.0. The summed E-state index contributed by atoms with van der Waals surface area (Å²) < 4.78 is 25.8. The molecule has 0 aliphatic rings. The molecular formula is C15H8Cl2F2O. The van der Waals surface area contributed by atoms with Gasteiger partial charge in [0.25, 0.3) is 0 Å².